The van der Waals surface area contributed by atoms with Gasteiger partial charge in [0.1, 0.15) is 23.0 Å². The van der Waals surface area contributed by atoms with Crippen LogP contribution in [0.25, 0.3) is 11.0 Å². The molecule has 8 nitrogen and oxygen atoms in total. The fraction of sp³-hybridized carbons (Fsp3) is 0.103. The molecule has 1 unspecified atom stereocenters. The zero-order chi connectivity index (χ0) is 27.1. The number of halogens is 2. The Labute approximate surface area is 218 Å². The number of aryl methyl sites for hydroxylation is 1. The summed E-state index contributed by atoms with van der Waals surface area (Å²) < 4.78 is 39.0. The molecular weight excluding hydrogens is 508 g/mol. The van der Waals surface area contributed by atoms with Gasteiger partial charge in [0.15, 0.2) is 16.8 Å². The molecule has 0 bridgehead atoms. The fourth-order valence-electron chi connectivity index (χ4n) is 5.57. The Morgan fingerprint density at radius 3 is 2.41 bits per heavy atom. The van der Waals surface area contributed by atoms with Crippen LogP contribution in [0.3, 0.4) is 0 Å². The summed E-state index contributed by atoms with van der Waals surface area (Å²) in [6, 6.07) is 17.3. The van der Waals surface area contributed by atoms with Crippen molar-refractivity contribution < 1.29 is 27.3 Å². The molecule has 1 atom stereocenters. The van der Waals surface area contributed by atoms with E-state index in [2.05, 4.69) is 5.16 Å². The van der Waals surface area contributed by atoms with E-state index in [9.17, 15) is 23.2 Å². The lowest BCUT2D eigenvalue weighted by molar-refractivity contribution is -0.121. The zero-order valence-electron chi connectivity index (χ0n) is 20.3. The first kappa shape index (κ1) is 23.0. The van der Waals surface area contributed by atoms with Gasteiger partial charge in [0.05, 0.1) is 23.2 Å². The number of rotatable bonds is 3. The molecule has 192 valence electrons. The molecule has 3 aromatic carbocycles. The van der Waals surface area contributed by atoms with E-state index >= 15 is 0 Å². The molecule has 39 heavy (non-hydrogen) atoms. The summed E-state index contributed by atoms with van der Waals surface area (Å²) in [6.45, 7) is 1.66. The lowest BCUT2D eigenvalue weighted by atomic mass is 9.84. The van der Waals surface area contributed by atoms with Crippen LogP contribution in [0.2, 0.25) is 0 Å². The smallest absolute Gasteiger partial charge is 0.297 e. The number of hydrogen-bond acceptors (Lipinski definition) is 6. The normalized spacial score (nSPS) is 17.9. The van der Waals surface area contributed by atoms with Gasteiger partial charge in [-0.1, -0.05) is 35.5 Å². The SMILES string of the molecule is Cc1cc(N2C(=O)c3oc4ccc(F)cc4c(=O)c3C23C(=O)N(Cc2ccc(F)cc2)c2ccccc23)no1. The second-order valence-electron chi connectivity index (χ2n) is 9.46. The minimum absolute atomic E-state index is 0.00346. The van der Waals surface area contributed by atoms with Crippen LogP contribution in [-0.2, 0) is 16.9 Å². The Bertz CT molecular complexity index is 1910. The standard InChI is InChI=1S/C29H17F2N3O5/c1-15-12-23(32-39-15)34-27(36)26-24(25(35)19-13-18(31)10-11-22(19)38-26)29(34)20-4-2-3-5-21(20)33(28(29)37)14-16-6-8-17(30)9-7-16/h2-13H,14H2,1H3. The number of benzene rings is 3. The van der Waals surface area contributed by atoms with Crippen molar-refractivity contribution in [2.75, 3.05) is 9.80 Å². The van der Waals surface area contributed by atoms with Crippen LogP contribution in [0.1, 0.15) is 33.0 Å². The van der Waals surface area contributed by atoms with E-state index in [4.69, 9.17) is 8.94 Å². The van der Waals surface area contributed by atoms with Crippen LogP contribution in [0.15, 0.2) is 86.5 Å². The van der Waals surface area contributed by atoms with Crippen LogP contribution in [-0.4, -0.2) is 17.0 Å². The topological polar surface area (TPSA) is 96.9 Å². The molecule has 2 aliphatic rings. The van der Waals surface area contributed by atoms with E-state index < -0.39 is 34.4 Å². The molecule has 0 N–H and O–H groups in total. The Morgan fingerprint density at radius 2 is 1.67 bits per heavy atom. The first-order valence-electron chi connectivity index (χ1n) is 12.0. The second kappa shape index (κ2) is 7.94. The number of carbonyl (C=O) groups excluding carboxylic acids is 2. The van der Waals surface area contributed by atoms with E-state index in [-0.39, 0.29) is 34.7 Å². The minimum Gasteiger partial charge on any atom is -0.450 e. The molecule has 7 rings (SSSR count). The summed E-state index contributed by atoms with van der Waals surface area (Å²) in [5, 5.41) is 3.89. The molecule has 10 heteroatoms. The predicted molar refractivity (Wildman–Crippen MR) is 135 cm³/mol. The number of carbonyl (C=O) groups is 2. The highest BCUT2D eigenvalue weighted by Crippen LogP contribution is 2.54. The van der Waals surface area contributed by atoms with Crippen molar-refractivity contribution in [2.24, 2.45) is 0 Å². The van der Waals surface area contributed by atoms with Gasteiger partial charge in [-0.25, -0.2) is 8.78 Å². The van der Waals surface area contributed by atoms with Crippen molar-refractivity contribution in [1.29, 1.82) is 0 Å². The maximum Gasteiger partial charge on any atom is 0.297 e. The molecule has 1 spiro atoms. The minimum atomic E-state index is -2.01. The van der Waals surface area contributed by atoms with Crippen LogP contribution in [0.5, 0.6) is 0 Å². The van der Waals surface area contributed by atoms with Crippen molar-refractivity contribution in [3.63, 3.8) is 0 Å². The number of aromatic nitrogens is 1. The van der Waals surface area contributed by atoms with Crippen molar-refractivity contribution >= 4 is 34.3 Å². The van der Waals surface area contributed by atoms with Crippen molar-refractivity contribution in [3.05, 3.63) is 123 Å². The molecule has 0 fully saturated rings. The van der Waals surface area contributed by atoms with Crippen LogP contribution >= 0.6 is 0 Å². The Morgan fingerprint density at radius 1 is 0.923 bits per heavy atom. The third-order valence-electron chi connectivity index (χ3n) is 7.18. The van der Waals surface area contributed by atoms with E-state index in [0.29, 0.717) is 22.6 Å². The van der Waals surface area contributed by atoms with Gasteiger partial charge in [0.2, 0.25) is 5.76 Å². The van der Waals surface area contributed by atoms with Gasteiger partial charge in [-0.3, -0.25) is 19.3 Å². The number of fused-ring (bicyclic) bond motifs is 5. The molecule has 0 aliphatic carbocycles. The highest BCUT2D eigenvalue weighted by Gasteiger charge is 2.66. The maximum absolute atomic E-state index is 14.7. The lowest BCUT2D eigenvalue weighted by Gasteiger charge is -2.32. The third-order valence-corrected chi connectivity index (χ3v) is 7.18. The van der Waals surface area contributed by atoms with E-state index in [0.717, 1.165) is 17.0 Å². The number of anilines is 2. The molecule has 5 aromatic rings. The average Bonchev–Trinajstić information content (AvgIpc) is 3.54. The maximum atomic E-state index is 14.7. The summed E-state index contributed by atoms with van der Waals surface area (Å²) in [7, 11) is 0. The second-order valence-corrected chi connectivity index (χ2v) is 9.46. The quantitative estimate of drug-likeness (QED) is 0.335. The number of hydrogen-bond donors (Lipinski definition) is 0. The van der Waals surface area contributed by atoms with Gasteiger partial charge in [0, 0.05) is 11.6 Å². The highest BCUT2D eigenvalue weighted by molar-refractivity contribution is 6.24. The van der Waals surface area contributed by atoms with E-state index in [1.807, 2.05) is 0 Å². The summed E-state index contributed by atoms with van der Waals surface area (Å²) in [6.07, 6.45) is 0. The van der Waals surface area contributed by atoms with Gasteiger partial charge in [-0.15, -0.1) is 0 Å². The monoisotopic (exact) mass is 525 g/mol. The number of nitrogens with zero attached hydrogens (tertiary/aromatic N) is 3. The molecule has 2 amide bonds. The summed E-state index contributed by atoms with van der Waals surface area (Å²) in [4.78, 5) is 45.3. The molecule has 0 radical (unpaired) electrons. The largest absolute Gasteiger partial charge is 0.450 e. The molecular formula is C29H17F2N3O5. The van der Waals surface area contributed by atoms with Gasteiger partial charge in [0.25, 0.3) is 11.8 Å². The highest BCUT2D eigenvalue weighted by atomic mass is 19.1. The van der Waals surface area contributed by atoms with Gasteiger partial charge in [-0.2, -0.15) is 0 Å². The number of amides is 2. The van der Waals surface area contributed by atoms with Crippen LogP contribution < -0.4 is 15.2 Å². The summed E-state index contributed by atoms with van der Waals surface area (Å²) in [5.74, 6) is -2.46. The fourth-order valence-corrected chi connectivity index (χ4v) is 5.57. The van der Waals surface area contributed by atoms with Crippen molar-refractivity contribution in [3.8, 4) is 0 Å². The van der Waals surface area contributed by atoms with Crippen LogP contribution in [0, 0.1) is 18.6 Å². The van der Waals surface area contributed by atoms with Gasteiger partial charge < -0.3 is 13.8 Å². The first-order valence-corrected chi connectivity index (χ1v) is 12.0. The van der Waals surface area contributed by atoms with Gasteiger partial charge >= 0.3 is 0 Å². The molecule has 0 saturated heterocycles. The molecule has 4 heterocycles. The van der Waals surface area contributed by atoms with E-state index in [1.165, 1.54) is 29.2 Å². The predicted octanol–water partition coefficient (Wildman–Crippen LogP) is 4.82. The third kappa shape index (κ3) is 3.02. The Hall–Kier alpha value is -5.12. The number of para-hydroxylation sites is 1. The van der Waals surface area contributed by atoms with Gasteiger partial charge in [-0.05, 0) is 48.9 Å². The Balaban J connectivity index is 1.56. The average molecular weight is 525 g/mol. The first-order chi connectivity index (χ1) is 18.8. The molecule has 2 aliphatic heterocycles. The van der Waals surface area contributed by atoms with Crippen LogP contribution in [0.4, 0.5) is 20.3 Å². The van der Waals surface area contributed by atoms with Crippen molar-refractivity contribution in [2.45, 2.75) is 19.0 Å². The zero-order valence-corrected chi connectivity index (χ0v) is 20.3. The Kier molecular flexibility index (Phi) is 4.69. The molecule has 0 saturated carbocycles. The van der Waals surface area contributed by atoms with E-state index in [1.54, 1.807) is 43.3 Å². The summed E-state index contributed by atoms with van der Waals surface area (Å²) >= 11 is 0. The van der Waals surface area contributed by atoms with Crippen molar-refractivity contribution in [1.82, 2.24) is 5.16 Å². The summed E-state index contributed by atoms with van der Waals surface area (Å²) in [5.41, 5.74) is -1.54. The lowest BCUT2D eigenvalue weighted by Crippen LogP contribution is -2.53. The molecule has 2 aromatic heterocycles.